The first kappa shape index (κ1) is 14.7. The fraction of sp³-hybridized carbons (Fsp3) is 0.438. The summed E-state index contributed by atoms with van der Waals surface area (Å²) in [6.45, 7) is 2.55. The average molecular weight is 299 g/mol. The van der Waals surface area contributed by atoms with E-state index in [2.05, 4.69) is 20.7 Å². The van der Waals surface area contributed by atoms with Crippen LogP contribution in [0, 0.1) is 0 Å². The lowest BCUT2D eigenvalue weighted by molar-refractivity contribution is 0.0947. The van der Waals surface area contributed by atoms with E-state index in [0.717, 1.165) is 38.0 Å². The van der Waals surface area contributed by atoms with Crippen molar-refractivity contribution in [2.75, 3.05) is 19.6 Å². The summed E-state index contributed by atoms with van der Waals surface area (Å²) in [6.07, 6.45) is 6.63. The second kappa shape index (κ2) is 7.17. The van der Waals surface area contributed by atoms with E-state index in [4.69, 9.17) is 0 Å². The van der Waals surface area contributed by atoms with Crippen molar-refractivity contribution < 1.29 is 4.79 Å². The van der Waals surface area contributed by atoms with Crippen LogP contribution in [0.4, 0.5) is 0 Å². The predicted molar refractivity (Wildman–Crippen MR) is 83.6 cm³/mol. The van der Waals surface area contributed by atoms with Gasteiger partial charge in [-0.05, 0) is 37.6 Å². The molecule has 3 heterocycles. The highest BCUT2D eigenvalue weighted by molar-refractivity contribution is 5.92. The van der Waals surface area contributed by atoms with Gasteiger partial charge in [0.2, 0.25) is 0 Å². The van der Waals surface area contributed by atoms with Crippen LogP contribution in [0.1, 0.15) is 35.1 Å². The third-order valence-corrected chi connectivity index (χ3v) is 3.88. The van der Waals surface area contributed by atoms with Crippen molar-refractivity contribution in [3.8, 4) is 0 Å². The molecule has 1 fully saturated rings. The molecule has 0 aromatic carbocycles. The van der Waals surface area contributed by atoms with Crippen LogP contribution in [0.25, 0.3) is 0 Å². The van der Waals surface area contributed by atoms with E-state index in [-0.39, 0.29) is 5.91 Å². The first-order chi connectivity index (χ1) is 10.8. The fourth-order valence-corrected chi connectivity index (χ4v) is 2.66. The molecule has 0 bridgehead atoms. The zero-order chi connectivity index (χ0) is 15.2. The number of hydrogen-bond donors (Lipinski definition) is 2. The molecular weight excluding hydrogens is 278 g/mol. The first-order valence-corrected chi connectivity index (χ1v) is 7.77. The van der Waals surface area contributed by atoms with Gasteiger partial charge in [0.15, 0.2) is 0 Å². The van der Waals surface area contributed by atoms with Gasteiger partial charge in [0, 0.05) is 37.6 Å². The number of carbonyl (C=O) groups excluding carboxylic acids is 1. The monoisotopic (exact) mass is 299 g/mol. The summed E-state index contributed by atoms with van der Waals surface area (Å²) in [5, 5.41) is 10.7. The summed E-state index contributed by atoms with van der Waals surface area (Å²) in [5.41, 5.74) is 1.45. The maximum Gasteiger partial charge on any atom is 0.271 e. The van der Waals surface area contributed by atoms with Crippen molar-refractivity contribution in [1.29, 1.82) is 0 Å². The van der Waals surface area contributed by atoms with Gasteiger partial charge in [0.05, 0.1) is 6.04 Å². The third-order valence-electron chi connectivity index (χ3n) is 3.88. The lowest BCUT2D eigenvalue weighted by Crippen LogP contribution is -2.32. The Morgan fingerprint density at radius 2 is 2.36 bits per heavy atom. The third kappa shape index (κ3) is 3.71. The highest BCUT2D eigenvalue weighted by atomic mass is 16.1. The molecule has 0 radical (unpaired) electrons. The number of nitrogens with zero attached hydrogens (tertiary/aromatic N) is 3. The van der Waals surface area contributed by atoms with Gasteiger partial charge in [-0.25, -0.2) is 0 Å². The summed E-state index contributed by atoms with van der Waals surface area (Å²) >= 11 is 0. The second-order valence-corrected chi connectivity index (χ2v) is 5.51. The van der Waals surface area contributed by atoms with Crippen molar-refractivity contribution >= 4 is 5.91 Å². The smallest absolute Gasteiger partial charge is 0.271 e. The highest BCUT2D eigenvalue weighted by Gasteiger charge is 2.17. The van der Waals surface area contributed by atoms with Crippen LogP contribution in [-0.4, -0.2) is 40.3 Å². The Balaban J connectivity index is 1.51. The Labute approximate surface area is 129 Å². The minimum atomic E-state index is -0.126. The van der Waals surface area contributed by atoms with Gasteiger partial charge >= 0.3 is 0 Å². The Morgan fingerprint density at radius 1 is 1.41 bits per heavy atom. The van der Waals surface area contributed by atoms with E-state index in [1.807, 2.05) is 29.1 Å². The van der Waals surface area contributed by atoms with Gasteiger partial charge in [0.1, 0.15) is 5.69 Å². The van der Waals surface area contributed by atoms with Crippen LogP contribution < -0.4 is 10.6 Å². The topological polar surface area (TPSA) is 71.8 Å². The van der Waals surface area contributed by atoms with Crippen LogP contribution in [0.2, 0.25) is 0 Å². The maximum absolute atomic E-state index is 12.1. The minimum absolute atomic E-state index is 0.126. The number of aromatic nitrogens is 3. The average Bonchev–Trinajstić information content (AvgIpc) is 3.07. The lowest BCUT2D eigenvalue weighted by Gasteiger charge is -2.22. The fourth-order valence-electron chi connectivity index (χ4n) is 2.66. The zero-order valence-electron chi connectivity index (χ0n) is 12.5. The number of rotatable bonds is 5. The molecule has 1 aliphatic rings. The van der Waals surface area contributed by atoms with E-state index < -0.39 is 0 Å². The largest absolute Gasteiger partial charge is 0.350 e. The lowest BCUT2D eigenvalue weighted by atomic mass is 10.1. The molecule has 2 aromatic rings. The molecule has 6 nitrogen and oxygen atoms in total. The molecule has 3 rings (SSSR count). The van der Waals surface area contributed by atoms with Crippen molar-refractivity contribution in [3.05, 3.63) is 48.0 Å². The molecule has 1 amide bonds. The standard InChI is InChI=1S/C16H21N5O/c22-16(19-10-6-13-4-1-2-9-18-13)15-7-11-21(20-15)14-5-3-8-17-12-14/h1-2,4,7,9,11,14,17H,3,5-6,8,10,12H2,(H,19,22)/t14-/m0/s1. The molecule has 0 saturated carbocycles. The number of amides is 1. The normalized spacial score (nSPS) is 18.1. The second-order valence-electron chi connectivity index (χ2n) is 5.51. The van der Waals surface area contributed by atoms with E-state index >= 15 is 0 Å². The number of pyridine rings is 1. The van der Waals surface area contributed by atoms with Gasteiger partial charge < -0.3 is 10.6 Å². The molecule has 6 heteroatoms. The Morgan fingerprint density at radius 3 is 3.14 bits per heavy atom. The van der Waals surface area contributed by atoms with E-state index in [1.54, 1.807) is 12.3 Å². The van der Waals surface area contributed by atoms with E-state index in [1.165, 1.54) is 0 Å². The molecule has 0 spiro atoms. The van der Waals surface area contributed by atoms with Crippen molar-refractivity contribution in [1.82, 2.24) is 25.4 Å². The quantitative estimate of drug-likeness (QED) is 0.869. The molecule has 0 aliphatic carbocycles. The number of hydrogen-bond acceptors (Lipinski definition) is 4. The highest BCUT2D eigenvalue weighted by Crippen LogP contribution is 2.15. The van der Waals surface area contributed by atoms with E-state index in [0.29, 0.717) is 18.3 Å². The van der Waals surface area contributed by atoms with Gasteiger partial charge in [-0.2, -0.15) is 5.10 Å². The van der Waals surface area contributed by atoms with Gasteiger partial charge in [-0.1, -0.05) is 6.07 Å². The molecule has 0 unspecified atom stereocenters. The molecule has 1 saturated heterocycles. The van der Waals surface area contributed by atoms with Crippen molar-refractivity contribution in [3.63, 3.8) is 0 Å². The summed E-state index contributed by atoms with van der Waals surface area (Å²) in [4.78, 5) is 16.3. The Bertz CT molecular complexity index is 604. The first-order valence-electron chi connectivity index (χ1n) is 7.77. The summed E-state index contributed by atoms with van der Waals surface area (Å²) < 4.78 is 1.90. The van der Waals surface area contributed by atoms with Crippen LogP contribution in [0.5, 0.6) is 0 Å². The van der Waals surface area contributed by atoms with Crippen LogP contribution in [0.15, 0.2) is 36.7 Å². The number of nitrogens with one attached hydrogen (secondary N) is 2. The Kier molecular flexibility index (Phi) is 4.80. The van der Waals surface area contributed by atoms with Gasteiger partial charge in [-0.3, -0.25) is 14.5 Å². The number of piperidine rings is 1. The van der Waals surface area contributed by atoms with Gasteiger partial charge in [0.25, 0.3) is 5.91 Å². The van der Waals surface area contributed by atoms with Crippen molar-refractivity contribution in [2.45, 2.75) is 25.3 Å². The molecule has 1 atom stereocenters. The predicted octanol–water partition coefficient (Wildman–Crippen LogP) is 1.18. The molecule has 2 N–H and O–H groups in total. The Hall–Kier alpha value is -2.21. The minimum Gasteiger partial charge on any atom is -0.350 e. The number of carbonyl (C=O) groups is 1. The zero-order valence-corrected chi connectivity index (χ0v) is 12.5. The van der Waals surface area contributed by atoms with Crippen LogP contribution in [-0.2, 0) is 6.42 Å². The van der Waals surface area contributed by atoms with Crippen molar-refractivity contribution in [2.24, 2.45) is 0 Å². The maximum atomic E-state index is 12.1. The molecule has 116 valence electrons. The van der Waals surface area contributed by atoms with Crippen LogP contribution in [0.3, 0.4) is 0 Å². The SMILES string of the molecule is O=C(NCCc1ccccn1)c1ccn([C@H]2CCCNC2)n1. The summed E-state index contributed by atoms with van der Waals surface area (Å²) in [7, 11) is 0. The summed E-state index contributed by atoms with van der Waals surface area (Å²) in [6, 6.07) is 7.92. The molecule has 22 heavy (non-hydrogen) atoms. The summed E-state index contributed by atoms with van der Waals surface area (Å²) in [5.74, 6) is -0.126. The molecule has 2 aromatic heterocycles. The molecular formula is C16H21N5O. The van der Waals surface area contributed by atoms with Crippen LogP contribution >= 0.6 is 0 Å². The van der Waals surface area contributed by atoms with E-state index in [9.17, 15) is 4.79 Å². The van der Waals surface area contributed by atoms with Gasteiger partial charge in [-0.15, -0.1) is 0 Å². The molecule has 1 aliphatic heterocycles.